The fourth-order valence-corrected chi connectivity index (χ4v) is 2.10. The molecule has 2 atom stereocenters. The maximum absolute atomic E-state index is 11.7. The third-order valence-corrected chi connectivity index (χ3v) is 3.68. The van der Waals surface area contributed by atoms with Crippen LogP contribution in [0.4, 0.5) is 5.82 Å². The number of aromatic nitrogens is 2. The van der Waals surface area contributed by atoms with E-state index in [2.05, 4.69) is 25.8 Å². The van der Waals surface area contributed by atoms with Gasteiger partial charge in [0.05, 0.1) is 5.60 Å². The normalized spacial score (nSPS) is 28.8. The van der Waals surface area contributed by atoms with E-state index in [1.54, 1.807) is 12.3 Å². The zero-order chi connectivity index (χ0) is 12.6. The number of ether oxygens (including phenoxy) is 1. The van der Waals surface area contributed by atoms with Crippen molar-refractivity contribution in [2.24, 2.45) is 5.92 Å². The third kappa shape index (κ3) is 2.20. The van der Waals surface area contributed by atoms with Crippen LogP contribution in [0, 0.1) is 5.92 Å². The number of nitrogens with zero attached hydrogens (tertiary/aromatic N) is 2. The summed E-state index contributed by atoms with van der Waals surface area (Å²) in [6.45, 7) is 6.35. The Morgan fingerprint density at radius 1 is 1.65 bits per heavy atom. The number of hydrogen-bond donors (Lipinski definition) is 1. The number of nitrogens with two attached hydrogens (primary N) is 1. The molecule has 2 rings (SSSR count). The Kier molecular flexibility index (Phi) is 2.95. The van der Waals surface area contributed by atoms with Gasteiger partial charge in [0.2, 0.25) is 0 Å². The molecule has 0 saturated carbocycles. The molecule has 17 heavy (non-hydrogen) atoms. The van der Waals surface area contributed by atoms with E-state index in [1.807, 2.05) is 0 Å². The third-order valence-electron chi connectivity index (χ3n) is 3.68. The summed E-state index contributed by atoms with van der Waals surface area (Å²) >= 11 is 0. The van der Waals surface area contributed by atoms with Crippen LogP contribution in [-0.4, -0.2) is 15.2 Å². The van der Waals surface area contributed by atoms with Gasteiger partial charge in [-0.15, -0.1) is 0 Å². The molecule has 0 aromatic carbocycles. The van der Waals surface area contributed by atoms with Crippen molar-refractivity contribution in [1.82, 2.24) is 9.55 Å². The molecular formula is C12H19N3O2. The van der Waals surface area contributed by atoms with Crippen molar-refractivity contribution >= 4 is 5.82 Å². The fraction of sp³-hybridized carbons (Fsp3) is 0.667. The molecule has 2 heterocycles. The molecule has 5 nitrogen and oxygen atoms in total. The second-order valence-electron chi connectivity index (χ2n) is 5.12. The lowest BCUT2D eigenvalue weighted by Crippen LogP contribution is -2.33. The van der Waals surface area contributed by atoms with Crippen LogP contribution in [0.1, 0.15) is 39.8 Å². The van der Waals surface area contributed by atoms with Crippen molar-refractivity contribution in [1.29, 1.82) is 0 Å². The highest BCUT2D eigenvalue weighted by molar-refractivity contribution is 5.23. The van der Waals surface area contributed by atoms with Crippen molar-refractivity contribution in [2.75, 3.05) is 5.73 Å². The molecule has 1 aliphatic heterocycles. The van der Waals surface area contributed by atoms with E-state index in [0.717, 1.165) is 12.8 Å². The van der Waals surface area contributed by atoms with Gasteiger partial charge in [-0.05, 0) is 31.7 Å². The van der Waals surface area contributed by atoms with Crippen LogP contribution in [-0.2, 0) is 4.74 Å². The molecule has 1 saturated heterocycles. The highest BCUT2D eigenvalue weighted by Gasteiger charge is 2.39. The van der Waals surface area contributed by atoms with Crippen molar-refractivity contribution < 1.29 is 4.74 Å². The summed E-state index contributed by atoms with van der Waals surface area (Å²) in [6, 6.07) is 1.62. The smallest absolute Gasteiger partial charge is 0.351 e. The summed E-state index contributed by atoms with van der Waals surface area (Å²) in [5.41, 5.74) is 4.96. The molecular weight excluding hydrogens is 218 g/mol. The van der Waals surface area contributed by atoms with Gasteiger partial charge in [0.15, 0.2) is 0 Å². The first-order valence-corrected chi connectivity index (χ1v) is 5.95. The van der Waals surface area contributed by atoms with E-state index in [-0.39, 0.29) is 23.3 Å². The van der Waals surface area contributed by atoms with Gasteiger partial charge in [0, 0.05) is 6.20 Å². The van der Waals surface area contributed by atoms with Gasteiger partial charge >= 0.3 is 5.69 Å². The van der Waals surface area contributed by atoms with Crippen LogP contribution in [0.2, 0.25) is 0 Å². The second-order valence-corrected chi connectivity index (χ2v) is 5.12. The Hall–Kier alpha value is -1.36. The predicted octanol–water partition coefficient (Wildman–Crippen LogP) is 1.55. The number of anilines is 1. The number of hydrogen-bond acceptors (Lipinski definition) is 4. The Labute approximate surface area is 101 Å². The summed E-state index contributed by atoms with van der Waals surface area (Å²) in [7, 11) is 0. The molecule has 94 valence electrons. The quantitative estimate of drug-likeness (QED) is 0.847. The van der Waals surface area contributed by atoms with E-state index in [1.165, 1.54) is 4.57 Å². The number of rotatable bonds is 2. The van der Waals surface area contributed by atoms with E-state index in [0.29, 0.717) is 5.92 Å². The van der Waals surface area contributed by atoms with Gasteiger partial charge in [-0.3, -0.25) is 4.57 Å². The maximum atomic E-state index is 11.7. The Balaban J connectivity index is 2.24. The van der Waals surface area contributed by atoms with E-state index < -0.39 is 0 Å². The topological polar surface area (TPSA) is 70.1 Å². The van der Waals surface area contributed by atoms with Gasteiger partial charge in [-0.25, -0.2) is 4.79 Å². The first-order chi connectivity index (χ1) is 7.92. The molecule has 5 heteroatoms. The Bertz CT molecular complexity index is 469. The lowest BCUT2D eigenvalue weighted by atomic mass is 9.90. The van der Waals surface area contributed by atoms with Gasteiger partial charge in [0.1, 0.15) is 12.0 Å². The van der Waals surface area contributed by atoms with Crippen LogP contribution >= 0.6 is 0 Å². The van der Waals surface area contributed by atoms with Gasteiger partial charge in [0.25, 0.3) is 0 Å². The molecule has 0 spiro atoms. The molecule has 0 bridgehead atoms. The lowest BCUT2D eigenvalue weighted by molar-refractivity contribution is -0.0877. The molecule has 0 amide bonds. The SMILES string of the molecule is CC(C)C1(C)CCC(n2ccc(N)nc2=O)O1. The minimum atomic E-state index is -0.344. The van der Waals surface area contributed by atoms with Crippen LogP contribution in [0.3, 0.4) is 0 Å². The summed E-state index contributed by atoms with van der Waals surface area (Å²) in [5, 5.41) is 0. The highest BCUT2D eigenvalue weighted by Crippen LogP contribution is 2.40. The van der Waals surface area contributed by atoms with Crippen molar-refractivity contribution in [3.8, 4) is 0 Å². The number of nitrogen functional groups attached to an aromatic ring is 1. The maximum Gasteiger partial charge on any atom is 0.351 e. The van der Waals surface area contributed by atoms with Crippen LogP contribution in [0.25, 0.3) is 0 Å². The minimum Gasteiger partial charge on any atom is -0.383 e. The van der Waals surface area contributed by atoms with Gasteiger partial charge < -0.3 is 10.5 Å². The fourth-order valence-electron chi connectivity index (χ4n) is 2.10. The van der Waals surface area contributed by atoms with E-state index in [4.69, 9.17) is 10.5 Å². The molecule has 0 radical (unpaired) electrons. The van der Waals surface area contributed by atoms with Gasteiger partial charge in [-0.1, -0.05) is 13.8 Å². The molecule has 1 aromatic heterocycles. The first kappa shape index (κ1) is 12.1. The van der Waals surface area contributed by atoms with Crippen LogP contribution in [0.15, 0.2) is 17.1 Å². The average Bonchev–Trinajstić information content (AvgIpc) is 2.62. The monoisotopic (exact) mass is 237 g/mol. The zero-order valence-corrected chi connectivity index (χ0v) is 10.5. The molecule has 1 aromatic rings. The van der Waals surface area contributed by atoms with Crippen molar-refractivity contribution in [3.05, 3.63) is 22.7 Å². The van der Waals surface area contributed by atoms with E-state index >= 15 is 0 Å². The van der Waals surface area contributed by atoms with E-state index in [9.17, 15) is 4.79 Å². The molecule has 2 N–H and O–H groups in total. The molecule has 1 fully saturated rings. The zero-order valence-electron chi connectivity index (χ0n) is 10.5. The molecule has 2 unspecified atom stereocenters. The molecule has 0 aliphatic carbocycles. The summed E-state index contributed by atoms with van der Waals surface area (Å²) < 4.78 is 7.52. The summed E-state index contributed by atoms with van der Waals surface area (Å²) in [4.78, 5) is 15.4. The van der Waals surface area contributed by atoms with Crippen molar-refractivity contribution in [2.45, 2.75) is 45.4 Å². The molecule has 1 aliphatic rings. The van der Waals surface area contributed by atoms with Crippen molar-refractivity contribution in [3.63, 3.8) is 0 Å². The Morgan fingerprint density at radius 3 is 2.88 bits per heavy atom. The summed E-state index contributed by atoms with van der Waals surface area (Å²) in [6.07, 6.45) is 3.22. The van der Waals surface area contributed by atoms with Crippen LogP contribution < -0.4 is 11.4 Å². The predicted molar refractivity (Wildman–Crippen MR) is 65.5 cm³/mol. The van der Waals surface area contributed by atoms with Gasteiger partial charge in [-0.2, -0.15) is 4.98 Å². The lowest BCUT2D eigenvalue weighted by Gasteiger charge is -2.29. The van der Waals surface area contributed by atoms with Crippen LogP contribution in [0.5, 0.6) is 0 Å². The second kappa shape index (κ2) is 4.14. The standard InChI is InChI=1S/C12H19N3O2/c1-8(2)12(3)6-4-10(17-12)15-7-5-9(13)14-11(15)16/h5,7-8,10H,4,6H2,1-3H3,(H2,13,14,16). The first-order valence-electron chi connectivity index (χ1n) is 5.95. The minimum absolute atomic E-state index is 0.161. The summed E-state index contributed by atoms with van der Waals surface area (Å²) in [5.74, 6) is 0.667. The largest absolute Gasteiger partial charge is 0.383 e. The Morgan fingerprint density at radius 2 is 2.35 bits per heavy atom. The highest BCUT2D eigenvalue weighted by atomic mass is 16.5. The average molecular weight is 237 g/mol.